The molecule has 0 aliphatic carbocycles. The summed E-state index contributed by atoms with van der Waals surface area (Å²) in [6.45, 7) is 0.726. The summed E-state index contributed by atoms with van der Waals surface area (Å²) >= 11 is 0. The molecule has 0 fully saturated rings. The van der Waals surface area contributed by atoms with E-state index in [1.54, 1.807) is 11.6 Å². The van der Waals surface area contributed by atoms with Gasteiger partial charge in [0.25, 0.3) is 0 Å². The molecule has 8 heteroatoms. The van der Waals surface area contributed by atoms with Crippen LogP contribution in [0.25, 0.3) is 0 Å². The average molecular weight is 226 g/mol. The van der Waals surface area contributed by atoms with Crippen molar-refractivity contribution in [1.82, 2.24) is 25.4 Å². The Balaban J connectivity index is 2.35. The van der Waals surface area contributed by atoms with Gasteiger partial charge in [0.15, 0.2) is 5.82 Å². The Morgan fingerprint density at radius 1 is 1.44 bits per heavy atom. The van der Waals surface area contributed by atoms with Crippen LogP contribution in [0.5, 0.6) is 0 Å². The van der Waals surface area contributed by atoms with Crippen molar-refractivity contribution in [2.24, 2.45) is 12.8 Å². The zero-order chi connectivity index (χ0) is 12.0. The van der Waals surface area contributed by atoms with Gasteiger partial charge in [-0.05, 0) is 0 Å². The molecular weight excluding hydrogens is 212 g/mol. The van der Waals surface area contributed by atoms with Crippen LogP contribution < -0.4 is 16.4 Å². The first kappa shape index (κ1) is 12.1. The predicted molar refractivity (Wildman–Crippen MR) is 54.9 cm³/mol. The Hall–Kier alpha value is -1.96. The number of carbonyl (C=O) groups is 2. The summed E-state index contributed by atoms with van der Waals surface area (Å²) in [5.74, 6) is -0.843. The number of rotatable bonds is 4. The molecule has 16 heavy (non-hydrogen) atoms. The maximum atomic E-state index is 11.2. The first-order chi connectivity index (χ1) is 7.65. The van der Waals surface area contributed by atoms with Gasteiger partial charge in [-0.25, -0.2) is 0 Å². The third kappa shape index (κ3) is 3.31. The highest BCUT2D eigenvalue weighted by atomic mass is 16.2. The van der Waals surface area contributed by atoms with Gasteiger partial charge in [-0.3, -0.25) is 9.59 Å². The molecule has 1 aromatic heterocycles. The first-order valence-electron chi connectivity index (χ1n) is 4.74. The summed E-state index contributed by atoms with van der Waals surface area (Å²) in [5, 5.41) is 12.2. The zero-order valence-electron chi connectivity index (χ0n) is 8.93. The van der Waals surface area contributed by atoms with E-state index in [0.29, 0.717) is 12.4 Å². The molecule has 0 saturated carbocycles. The monoisotopic (exact) mass is 226 g/mol. The van der Waals surface area contributed by atoms with Gasteiger partial charge in [0.2, 0.25) is 0 Å². The fourth-order valence-electron chi connectivity index (χ4n) is 0.973. The Kier molecular flexibility index (Phi) is 4.40. The van der Waals surface area contributed by atoms with Crippen molar-refractivity contribution < 1.29 is 9.59 Å². The molecule has 8 nitrogen and oxygen atoms in total. The number of hydrogen-bond donors (Lipinski definition) is 3. The molecule has 4 N–H and O–H groups in total. The van der Waals surface area contributed by atoms with E-state index < -0.39 is 11.8 Å². The largest absolute Gasteiger partial charge is 0.347 e. The summed E-state index contributed by atoms with van der Waals surface area (Å²) in [7, 11) is 1.75. The molecule has 2 amide bonds. The molecule has 1 aromatic rings. The fraction of sp³-hybridized carbons (Fsp3) is 0.500. The first-order valence-corrected chi connectivity index (χ1v) is 4.74. The minimum atomic E-state index is -0.712. The van der Waals surface area contributed by atoms with Crippen LogP contribution in [-0.2, 0) is 23.2 Å². The maximum Gasteiger partial charge on any atom is 0.309 e. The van der Waals surface area contributed by atoms with Crippen molar-refractivity contribution in [2.45, 2.75) is 6.54 Å². The summed E-state index contributed by atoms with van der Waals surface area (Å²) in [6.07, 6.45) is 1.51. The highest BCUT2D eigenvalue weighted by Crippen LogP contribution is 1.89. The average Bonchev–Trinajstić information content (AvgIpc) is 2.68. The van der Waals surface area contributed by atoms with Crippen LogP contribution in [0.2, 0.25) is 0 Å². The smallest absolute Gasteiger partial charge is 0.309 e. The zero-order valence-corrected chi connectivity index (χ0v) is 8.93. The van der Waals surface area contributed by atoms with Crippen LogP contribution in [0.3, 0.4) is 0 Å². The van der Waals surface area contributed by atoms with Crippen molar-refractivity contribution in [1.29, 1.82) is 0 Å². The second kappa shape index (κ2) is 5.81. The predicted octanol–water partition coefficient (Wildman–Crippen LogP) is -2.49. The van der Waals surface area contributed by atoms with Crippen molar-refractivity contribution >= 4 is 11.8 Å². The number of nitrogens with zero attached hydrogens (tertiary/aromatic N) is 3. The quantitative estimate of drug-likeness (QED) is 0.491. The fourth-order valence-corrected chi connectivity index (χ4v) is 0.973. The lowest BCUT2D eigenvalue weighted by Crippen LogP contribution is -2.41. The molecular formula is C8H14N6O2. The molecule has 0 atom stereocenters. The lowest BCUT2D eigenvalue weighted by Gasteiger charge is -2.04. The lowest BCUT2D eigenvalue weighted by atomic mass is 10.5. The van der Waals surface area contributed by atoms with Crippen LogP contribution in [0.1, 0.15) is 5.82 Å². The van der Waals surface area contributed by atoms with E-state index >= 15 is 0 Å². The normalized spacial score (nSPS) is 9.88. The summed E-state index contributed by atoms with van der Waals surface area (Å²) in [6, 6.07) is 0. The van der Waals surface area contributed by atoms with Crippen LogP contribution in [-0.4, -0.2) is 39.7 Å². The second-order valence-electron chi connectivity index (χ2n) is 3.09. The van der Waals surface area contributed by atoms with E-state index in [-0.39, 0.29) is 13.1 Å². The second-order valence-corrected chi connectivity index (χ2v) is 3.09. The number of nitrogens with one attached hydrogen (secondary N) is 2. The molecule has 0 aliphatic rings. The standard InChI is InChI=1S/C8H14N6O2/c1-14-5-12-13-6(14)4-11-8(16)7(15)10-3-2-9/h5H,2-4,9H2,1H3,(H,10,15)(H,11,16). The van der Waals surface area contributed by atoms with E-state index in [1.807, 2.05) is 0 Å². The van der Waals surface area contributed by atoms with E-state index in [1.165, 1.54) is 6.33 Å². The van der Waals surface area contributed by atoms with Crippen LogP contribution in [0, 0.1) is 0 Å². The van der Waals surface area contributed by atoms with Crippen molar-refractivity contribution in [2.75, 3.05) is 13.1 Å². The maximum absolute atomic E-state index is 11.2. The van der Waals surface area contributed by atoms with Gasteiger partial charge in [-0.15, -0.1) is 10.2 Å². The lowest BCUT2D eigenvalue weighted by molar-refractivity contribution is -0.139. The van der Waals surface area contributed by atoms with Crippen molar-refractivity contribution in [3.8, 4) is 0 Å². The van der Waals surface area contributed by atoms with Crippen molar-refractivity contribution in [3.05, 3.63) is 12.2 Å². The molecule has 0 aromatic carbocycles. The molecule has 0 saturated heterocycles. The Bertz CT molecular complexity index is 374. The SMILES string of the molecule is Cn1cnnc1CNC(=O)C(=O)NCCN. The van der Waals surface area contributed by atoms with Gasteiger partial charge in [0, 0.05) is 20.1 Å². The van der Waals surface area contributed by atoms with Gasteiger partial charge in [-0.1, -0.05) is 0 Å². The van der Waals surface area contributed by atoms with E-state index in [9.17, 15) is 9.59 Å². The minimum Gasteiger partial charge on any atom is -0.347 e. The molecule has 0 unspecified atom stereocenters. The number of aryl methyl sites for hydroxylation is 1. The number of hydrogen-bond acceptors (Lipinski definition) is 5. The highest BCUT2D eigenvalue weighted by Gasteiger charge is 2.12. The summed E-state index contributed by atoms with van der Waals surface area (Å²) < 4.78 is 1.65. The third-order valence-corrected chi connectivity index (χ3v) is 1.85. The van der Waals surface area contributed by atoms with Gasteiger partial charge in [0.05, 0.1) is 6.54 Å². The van der Waals surface area contributed by atoms with Crippen LogP contribution in [0.15, 0.2) is 6.33 Å². The van der Waals surface area contributed by atoms with E-state index in [0.717, 1.165) is 0 Å². The molecule has 0 bridgehead atoms. The Labute approximate surface area is 92.2 Å². The highest BCUT2D eigenvalue weighted by molar-refractivity contribution is 6.35. The van der Waals surface area contributed by atoms with E-state index in [2.05, 4.69) is 20.8 Å². The number of nitrogens with two attached hydrogens (primary N) is 1. The Morgan fingerprint density at radius 3 is 2.69 bits per heavy atom. The topological polar surface area (TPSA) is 115 Å². The number of aromatic nitrogens is 3. The number of carbonyl (C=O) groups excluding carboxylic acids is 2. The molecule has 1 rings (SSSR count). The summed E-state index contributed by atoms with van der Waals surface area (Å²) in [4.78, 5) is 22.4. The van der Waals surface area contributed by atoms with Crippen LogP contribution in [0.4, 0.5) is 0 Å². The third-order valence-electron chi connectivity index (χ3n) is 1.85. The Morgan fingerprint density at radius 2 is 2.12 bits per heavy atom. The molecule has 0 spiro atoms. The van der Waals surface area contributed by atoms with Gasteiger partial charge < -0.3 is 20.9 Å². The number of amides is 2. The molecule has 1 heterocycles. The van der Waals surface area contributed by atoms with E-state index in [4.69, 9.17) is 5.73 Å². The van der Waals surface area contributed by atoms with Crippen molar-refractivity contribution in [3.63, 3.8) is 0 Å². The van der Waals surface area contributed by atoms with Gasteiger partial charge >= 0.3 is 11.8 Å². The molecule has 0 aliphatic heterocycles. The van der Waals surface area contributed by atoms with Gasteiger partial charge in [-0.2, -0.15) is 0 Å². The minimum absolute atomic E-state index is 0.158. The molecule has 88 valence electrons. The summed E-state index contributed by atoms with van der Waals surface area (Å²) in [5.41, 5.74) is 5.18. The van der Waals surface area contributed by atoms with Gasteiger partial charge in [0.1, 0.15) is 6.33 Å². The van der Waals surface area contributed by atoms with Crippen LogP contribution >= 0.6 is 0 Å². The molecule has 0 radical (unpaired) electrons.